The van der Waals surface area contributed by atoms with E-state index in [0.717, 1.165) is 0 Å². The van der Waals surface area contributed by atoms with Crippen LogP contribution >= 0.6 is 0 Å². The Labute approximate surface area is 127 Å². The van der Waals surface area contributed by atoms with E-state index < -0.39 is 57.9 Å². The molecule has 7 nitrogen and oxygen atoms in total. The second kappa shape index (κ2) is 6.36. The summed E-state index contributed by atoms with van der Waals surface area (Å²) in [4.78, 5) is 0. The van der Waals surface area contributed by atoms with Gasteiger partial charge in [0.15, 0.2) is 4.58 Å². The zero-order valence-electron chi connectivity index (χ0n) is 11.2. The fraction of sp³-hybridized carbons (Fsp3) is 1.00. The Balaban J connectivity index is 6.09. The van der Waals surface area contributed by atoms with E-state index in [9.17, 15) is 51.6 Å². The Morgan fingerprint density at radius 3 is 1.35 bits per heavy atom. The Bertz CT molecular complexity index is 686. The zero-order chi connectivity index (χ0) is 19.1. The highest BCUT2D eigenvalue weighted by Gasteiger charge is 2.63. The first-order valence-corrected chi connectivity index (χ1v) is 10.1. The molecule has 0 radical (unpaired) electrons. The SMILES string of the molecule is CC(CC(S(=O)(=O)C(F)(F)F)S(=O)(=O)C(F)(F)F)OS(C)(=O)=O. The second-order valence-corrected chi connectivity index (χ2v) is 10.4. The Morgan fingerprint density at radius 1 is 0.826 bits per heavy atom. The molecule has 0 spiro atoms. The van der Waals surface area contributed by atoms with Crippen molar-refractivity contribution in [2.24, 2.45) is 0 Å². The zero-order valence-corrected chi connectivity index (χ0v) is 13.7. The smallest absolute Gasteiger partial charge is 0.267 e. The maximum Gasteiger partial charge on any atom is 0.498 e. The summed E-state index contributed by atoms with van der Waals surface area (Å²) in [5.74, 6) is 0. The van der Waals surface area contributed by atoms with Gasteiger partial charge in [0.2, 0.25) is 0 Å². The van der Waals surface area contributed by atoms with Gasteiger partial charge in [-0.25, -0.2) is 16.8 Å². The predicted octanol–water partition coefficient (Wildman–Crippen LogP) is 0.937. The summed E-state index contributed by atoms with van der Waals surface area (Å²) in [6.07, 6.45) is -3.59. The third-order valence-corrected chi connectivity index (χ3v) is 7.46. The molecule has 0 aliphatic rings. The number of alkyl halides is 6. The number of rotatable bonds is 6. The van der Waals surface area contributed by atoms with Crippen LogP contribution in [0.2, 0.25) is 0 Å². The Morgan fingerprint density at radius 2 is 1.13 bits per heavy atom. The Hall–Kier alpha value is -0.610. The predicted molar refractivity (Wildman–Crippen MR) is 63.7 cm³/mol. The van der Waals surface area contributed by atoms with Crippen molar-refractivity contribution in [3.63, 3.8) is 0 Å². The molecule has 0 bridgehead atoms. The van der Waals surface area contributed by atoms with Gasteiger partial charge in [0, 0.05) is 6.42 Å². The van der Waals surface area contributed by atoms with Crippen LogP contribution < -0.4 is 0 Å². The van der Waals surface area contributed by atoms with Crippen LogP contribution in [0.15, 0.2) is 0 Å². The molecule has 0 aromatic heterocycles. The van der Waals surface area contributed by atoms with Crippen LogP contribution in [0.5, 0.6) is 0 Å². The summed E-state index contributed by atoms with van der Waals surface area (Å²) in [7, 11) is -18.0. The molecule has 1 unspecified atom stereocenters. The average molecular weight is 416 g/mol. The maximum atomic E-state index is 12.4. The van der Waals surface area contributed by atoms with E-state index in [-0.39, 0.29) is 0 Å². The van der Waals surface area contributed by atoms with Crippen LogP contribution in [0.25, 0.3) is 0 Å². The van der Waals surface area contributed by atoms with Crippen LogP contribution in [0.3, 0.4) is 0 Å². The van der Waals surface area contributed by atoms with Gasteiger partial charge in [-0.1, -0.05) is 0 Å². The minimum absolute atomic E-state index is 0.384. The largest absolute Gasteiger partial charge is 0.498 e. The highest BCUT2D eigenvalue weighted by molar-refractivity contribution is 8.09. The lowest BCUT2D eigenvalue weighted by Crippen LogP contribution is -2.46. The van der Waals surface area contributed by atoms with Crippen molar-refractivity contribution in [3.8, 4) is 0 Å². The lowest BCUT2D eigenvalue weighted by atomic mass is 10.3. The normalized spacial score (nSPS) is 16.6. The quantitative estimate of drug-likeness (QED) is 0.468. The second-order valence-electron chi connectivity index (χ2n) is 4.26. The van der Waals surface area contributed by atoms with Crippen molar-refractivity contribution in [2.75, 3.05) is 6.26 Å². The van der Waals surface area contributed by atoms with Crippen molar-refractivity contribution in [3.05, 3.63) is 0 Å². The molecule has 0 rings (SSSR count). The van der Waals surface area contributed by atoms with Crippen molar-refractivity contribution >= 4 is 29.8 Å². The number of hydrogen-bond donors (Lipinski definition) is 0. The van der Waals surface area contributed by atoms with Gasteiger partial charge in [-0.2, -0.15) is 34.8 Å². The fourth-order valence-electron chi connectivity index (χ4n) is 1.33. The highest BCUT2D eigenvalue weighted by Crippen LogP contribution is 2.38. The Kier molecular flexibility index (Phi) is 6.19. The van der Waals surface area contributed by atoms with E-state index in [0.29, 0.717) is 13.2 Å². The molecule has 0 N–H and O–H groups in total. The van der Waals surface area contributed by atoms with Crippen molar-refractivity contribution in [1.29, 1.82) is 0 Å². The molecular formula is C7H10F6O7S3. The van der Waals surface area contributed by atoms with Crippen LogP contribution in [-0.2, 0) is 34.0 Å². The lowest BCUT2D eigenvalue weighted by molar-refractivity contribution is -0.0475. The molecule has 23 heavy (non-hydrogen) atoms. The topological polar surface area (TPSA) is 112 Å². The summed E-state index contributed by atoms with van der Waals surface area (Å²) in [5.41, 5.74) is -12.6. The van der Waals surface area contributed by atoms with Crippen LogP contribution in [0.4, 0.5) is 26.3 Å². The van der Waals surface area contributed by atoms with Crippen LogP contribution in [0.1, 0.15) is 13.3 Å². The standard InChI is InChI=1S/C7H10F6O7S3/c1-4(20-21(2,14)15)3-5(22(16,17)6(8,9)10)23(18,19)7(11,12)13/h4-5H,3H2,1-2H3. The van der Waals surface area contributed by atoms with E-state index in [1.807, 2.05) is 0 Å². The number of hydrogen-bond acceptors (Lipinski definition) is 7. The summed E-state index contributed by atoms with van der Waals surface area (Å²) < 4.78 is 141. The molecule has 0 fully saturated rings. The fourth-order valence-corrected chi connectivity index (χ4v) is 5.64. The minimum atomic E-state index is -6.81. The summed E-state index contributed by atoms with van der Waals surface area (Å²) in [5, 5.41) is 0. The van der Waals surface area contributed by atoms with Crippen molar-refractivity contribution < 1.29 is 55.8 Å². The molecule has 0 aliphatic carbocycles. The third kappa shape index (κ3) is 5.46. The summed E-state index contributed by atoms with van der Waals surface area (Å²) in [6.45, 7) is 0.603. The molecule has 1 atom stereocenters. The summed E-state index contributed by atoms with van der Waals surface area (Å²) >= 11 is 0. The molecule has 16 heteroatoms. The first-order valence-electron chi connectivity index (χ1n) is 5.22. The van der Waals surface area contributed by atoms with Gasteiger partial charge in [-0.15, -0.1) is 0 Å². The molecule has 0 heterocycles. The molecule has 0 saturated heterocycles. The van der Waals surface area contributed by atoms with Gasteiger partial charge in [-0.05, 0) is 6.92 Å². The van der Waals surface area contributed by atoms with Gasteiger partial charge in [0.25, 0.3) is 29.8 Å². The van der Waals surface area contributed by atoms with Gasteiger partial charge < -0.3 is 0 Å². The molecule has 0 amide bonds. The molecule has 0 aromatic rings. The maximum absolute atomic E-state index is 12.4. The lowest BCUT2D eigenvalue weighted by Gasteiger charge is -2.23. The number of sulfone groups is 2. The minimum Gasteiger partial charge on any atom is -0.267 e. The third-order valence-electron chi connectivity index (χ3n) is 2.20. The average Bonchev–Trinajstić information content (AvgIpc) is 2.19. The van der Waals surface area contributed by atoms with E-state index in [2.05, 4.69) is 4.18 Å². The van der Waals surface area contributed by atoms with Crippen molar-refractivity contribution in [1.82, 2.24) is 0 Å². The first-order chi connectivity index (χ1) is 9.73. The van der Waals surface area contributed by atoms with Gasteiger partial charge in [-0.3, -0.25) is 4.18 Å². The number of halogens is 6. The van der Waals surface area contributed by atoms with Crippen molar-refractivity contribution in [2.45, 2.75) is 35.0 Å². The molecular weight excluding hydrogens is 406 g/mol. The van der Waals surface area contributed by atoms with E-state index in [1.54, 1.807) is 0 Å². The molecule has 140 valence electrons. The monoisotopic (exact) mass is 416 g/mol. The molecule has 0 aliphatic heterocycles. The van der Waals surface area contributed by atoms with E-state index >= 15 is 0 Å². The molecule has 0 aromatic carbocycles. The first kappa shape index (κ1) is 22.4. The van der Waals surface area contributed by atoms with E-state index in [1.165, 1.54) is 0 Å². The van der Waals surface area contributed by atoms with Gasteiger partial charge >= 0.3 is 11.0 Å². The van der Waals surface area contributed by atoms with Gasteiger partial charge in [0.05, 0.1) is 12.4 Å². The molecule has 0 saturated carbocycles. The highest BCUT2D eigenvalue weighted by atomic mass is 32.3. The van der Waals surface area contributed by atoms with Crippen LogP contribution in [0, 0.1) is 0 Å². The van der Waals surface area contributed by atoms with Crippen LogP contribution in [-0.4, -0.2) is 53.2 Å². The van der Waals surface area contributed by atoms with E-state index in [4.69, 9.17) is 0 Å². The summed E-state index contributed by atoms with van der Waals surface area (Å²) in [6, 6.07) is 0. The van der Waals surface area contributed by atoms with Gasteiger partial charge in [0.1, 0.15) is 0 Å².